The highest BCUT2D eigenvalue weighted by atomic mass is 35.5. The van der Waals surface area contributed by atoms with Crippen LogP contribution in [0.1, 0.15) is 38.5 Å². The van der Waals surface area contributed by atoms with Crippen LogP contribution < -0.4 is 0 Å². The fraction of sp³-hybridized carbons (Fsp3) is 0.900. The molecular weight excluding hydrogens is 188 g/mol. The number of esters is 1. The molecule has 2 aliphatic rings. The third kappa shape index (κ3) is 1.56. The molecule has 0 radical (unpaired) electrons. The number of halogens is 1. The number of ether oxygens (including phenoxy) is 1. The summed E-state index contributed by atoms with van der Waals surface area (Å²) >= 11 is 5.70. The van der Waals surface area contributed by atoms with Gasteiger partial charge in [0.05, 0.1) is 11.3 Å². The van der Waals surface area contributed by atoms with E-state index in [1.54, 1.807) is 0 Å². The van der Waals surface area contributed by atoms with Crippen molar-refractivity contribution in [3.63, 3.8) is 0 Å². The van der Waals surface area contributed by atoms with Gasteiger partial charge < -0.3 is 4.74 Å². The van der Waals surface area contributed by atoms with Gasteiger partial charge in [0.25, 0.3) is 0 Å². The highest BCUT2D eigenvalue weighted by Gasteiger charge is 2.48. The van der Waals surface area contributed by atoms with E-state index in [1.165, 1.54) is 19.3 Å². The van der Waals surface area contributed by atoms with Gasteiger partial charge in [-0.25, -0.2) is 0 Å². The normalized spacial score (nSPS) is 32.1. The number of rotatable bonds is 1. The standard InChI is InChI=1S/C10H15ClO2/c11-7-8-6-10(9(12)13-8)4-2-1-3-5-10/h8H,1-7H2. The van der Waals surface area contributed by atoms with Crippen molar-refractivity contribution in [2.24, 2.45) is 5.41 Å². The van der Waals surface area contributed by atoms with Gasteiger partial charge in [-0.15, -0.1) is 11.6 Å². The van der Waals surface area contributed by atoms with Crippen LogP contribution >= 0.6 is 11.6 Å². The molecule has 1 saturated carbocycles. The zero-order valence-corrected chi connectivity index (χ0v) is 8.48. The topological polar surface area (TPSA) is 26.3 Å². The Balaban J connectivity index is 2.08. The Labute approximate surface area is 83.6 Å². The van der Waals surface area contributed by atoms with Crippen LogP contribution in [-0.2, 0) is 9.53 Å². The third-order valence-corrected chi connectivity index (χ3v) is 3.65. The maximum Gasteiger partial charge on any atom is 0.312 e. The molecule has 1 saturated heterocycles. The predicted molar refractivity (Wildman–Crippen MR) is 50.7 cm³/mol. The van der Waals surface area contributed by atoms with Gasteiger partial charge in [0, 0.05) is 6.42 Å². The van der Waals surface area contributed by atoms with E-state index in [0.717, 1.165) is 19.3 Å². The molecule has 0 N–H and O–H groups in total. The summed E-state index contributed by atoms with van der Waals surface area (Å²) in [6.07, 6.45) is 6.47. The molecule has 2 fully saturated rings. The van der Waals surface area contributed by atoms with Crippen LogP contribution in [0.5, 0.6) is 0 Å². The Morgan fingerprint density at radius 1 is 1.38 bits per heavy atom. The van der Waals surface area contributed by atoms with Crippen molar-refractivity contribution in [1.82, 2.24) is 0 Å². The van der Waals surface area contributed by atoms with E-state index >= 15 is 0 Å². The summed E-state index contributed by atoms with van der Waals surface area (Å²) < 4.78 is 5.23. The highest BCUT2D eigenvalue weighted by Crippen LogP contribution is 2.46. The molecule has 1 heterocycles. The molecule has 1 spiro atoms. The second-order valence-corrected chi connectivity index (χ2v) is 4.54. The first kappa shape index (κ1) is 9.32. The van der Waals surface area contributed by atoms with Crippen molar-refractivity contribution in [3.8, 4) is 0 Å². The minimum Gasteiger partial charge on any atom is -0.461 e. The predicted octanol–water partition coefficient (Wildman–Crippen LogP) is 2.49. The Kier molecular flexibility index (Phi) is 2.50. The molecule has 13 heavy (non-hydrogen) atoms. The van der Waals surface area contributed by atoms with E-state index in [4.69, 9.17) is 16.3 Å². The molecule has 2 rings (SSSR count). The second kappa shape index (κ2) is 3.49. The summed E-state index contributed by atoms with van der Waals surface area (Å²) in [6.45, 7) is 0. The molecule has 0 aromatic heterocycles. The summed E-state index contributed by atoms with van der Waals surface area (Å²) in [5.41, 5.74) is -0.141. The van der Waals surface area contributed by atoms with Gasteiger partial charge in [-0.2, -0.15) is 0 Å². The van der Waals surface area contributed by atoms with Gasteiger partial charge in [0.15, 0.2) is 0 Å². The van der Waals surface area contributed by atoms with E-state index in [2.05, 4.69) is 0 Å². The maximum atomic E-state index is 11.6. The molecule has 0 bridgehead atoms. The van der Waals surface area contributed by atoms with E-state index in [0.29, 0.717) is 5.88 Å². The minimum atomic E-state index is -0.141. The maximum absolute atomic E-state index is 11.6. The summed E-state index contributed by atoms with van der Waals surface area (Å²) in [5.74, 6) is 0.464. The molecule has 1 unspecified atom stereocenters. The first-order chi connectivity index (χ1) is 6.27. The second-order valence-electron chi connectivity index (χ2n) is 4.23. The molecular formula is C10H15ClO2. The summed E-state index contributed by atoms with van der Waals surface area (Å²) in [4.78, 5) is 11.6. The molecule has 74 valence electrons. The van der Waals surface area contributed by atoms with Crippen LogP contribution in [0.3, 0.4) is 0 Å². The minimum absolute atomic E-state index is 0.0119. The van der Waals surface area contributed by atoms with Crippen LogP contribution in [0.15, 0.2) is 0 Å². The lowest BCUT2D eigenvalue weighted by molar-refractivity contribution is -0.149. The number of cyclic esters (lactones) is 1. The van der Waals surface area contributed by atoms with Crippen molar-refractivity contribution >= 4 is 17.6 Å². The number of carbonyl (C=O) groups excluding carboxylic acids is 1. The Bertz CT molecular complexity index is 209. The summed E-state index contributed by atoms with van der Waals surface area (Å²) in [5, 5.41) is 0. The molecule has 3 heteroatoms. The lowest BCUT2D eigenvalue weighted by atomic mass is 9.72. The van der Waals surface area contributed by atoms with Gasteiger partial charge in [0.1, 0.15) is 6.10 Å². The van der Waals surface area contributed by atoms with Crippen molar-refractivity contribution in [2.45, 2.75) is 44.6 Å². The monoisotopic (exact) mass is 202 g/mol. The van der Waals surface area contributed by atoms with Crippen LogP contribution in [0.4, 0.5) is 0 Å². The molecule has 2 nitrogen and oxygen atoms in total. The van der Waals surface area contributed by atoms with Crippen molar-refractivity contribution in [2.75, 3.05) is 5.88 Å². The van der Waals surface area contributed by atoms with Crippen LogP contribution in [-0.4, -0.2) is 18.0 Å². The number of alkyl halides is 1. The lowest BCUT2D eigenvalue weighted by Crippen LogP contribution is -2.28. The van der Waals surface area contributed by atoms with Gasteiger partial charge in [-0.3, -0.25) is 4.79 Å². The molecule has 1 aliphatic heterocycles. The number of carbonyl (C=O) groups is 1. The van der Waals surface area contributed by atoms with Crippen molar-refractivity contribution in [1.29, 1.82) is 0 Å². The van der Waals surface area contributed by atoms with Gasteiger partial charge >= 0.3 is 5.97 Å². The summed E-state index contributed by atoms with van der Waals surface area (Å²) in [6, 6.07) is 0. The quantitative estimate of drug-likeness (QED) is 0.483. The molecule has 0 amide bonds. The largest absolute Gasteiger partial charge is 0.461 e. The Morgan fingerprint density at radius 3 is 2.62 bits per heavy atom. The van der Waals surface area contributed by atoms with Crippen LogP contribution in [0.25, 0.3) is 0 Å². The molecule has 1 aliphatic carbocycles. The number of hydrogen-bond donors (Lipinski definition) is 0. The van der Waals surface area contributed by atoms with Crippen molar-refractivity contribution in [3.05, 3.63) is 0 Å². The first-order valence-corrected chi connectivity index (χ1v) is 5.57. The van der Waals surface area contributed by atoms with E-state index < -0.39 is 0 Å². The van der Waals surface area contributed by atoms with Gasteiger partial charge in [-0.05, 0) is 12.8 Å². The average Bonchev–Trinajstić information content (AvgIpc) is 2.45. The van der Waals surface area contributed by atoms with Crippen LogP contribution in [0, 0.1) is 5.41 Å². The van der Waals surface area contributed by atoms with E-state index in [-0.39, 0.29) is 17.5 Å². The molecule has 0 aromatic carbocycles. The Morgan fingerprint density at radius 2 is 2.08 bits per heavy atom. The smallest absolute Gasteiger partial charge is 0.312 e. The van der Waals surface area contributed by atoms with Crippen molar-refractivity contribution < 1.29 is 9.53 Å². The zero-order valence-electron chi connectivity index (χ0n) is 7.72. The molecule has 0 aromatic rings. The van der Waals surface area contributed by atoms with Gasteiger partial charge in [-0.1, -0.05) is 19.3 Å². The Hall–Kier alpha value is -0.240. The molecule has 1 atom stereocenters. The summed E-state index contributed by atoms with van der Waals surface area (Å²) in [7, 11) is 0. The highest BCUT2D eigenvalue weighted by molar-refractivity contribution is 6.18. The third-order valence-electron chi connectivity index (χ3n) is 3.31. The van der Waals surface area contributed by atoms with E-state index in [1.807, 2.05) is 0 Å². The number of hydrogen-bond acceptors (Lipinski definition) is 2. The fourth-order valence-electron chi connectivity index (χ4n) is 2.56. The zero-order chi connectivity index (χ0) is 9.31. The lowest BCUT2D eigenvalue weighted by Gasteiger charge is -2.28. The van der Waals surface area contributed by atoms with Crippen LogP contribution in [0.2, 0.25) is 0 Å². The fourth-order valence-corrected chi connectivity index (χ4v) is 2.73. The first-order valence-electron chi connectivity index (χ1n) is 5.04. The van der Waals surface area contributed by atoms with E-state index in [9.17, 15) is 4.79 Å². The average molecular weight is 203 g/mol. The van der Waals surface area contributed by atoms with Gasteiger partial charge in [0.2, 0.25) is 0 Å². The SMILES string of the molecule is O=C1OC(CCl)CC12CCCCC2.